The molecule has 3 rings (SSSR count). The van der Waals surface area contributed by atoms with Crippen LogP contribution in [-0.4, -0.2) is 52.8 Å². The molecule has 118 valence electrons. The zero-order valence-corrected chi connectivity index (χ0v) is 13.1. The maximum atomic E-state index is 12.6. The first-order chi connectivity index (χ1) is 9.95. The molecule has 8 nitrogen and oxygen atoms in total. The highest BCUT2D eigenvalue weighted by Crippen LogP contribution is 2.24. The van der Waals surface area contributed by atoms with Gasteiger partial charge in [-0.15, -0.1) is 0 Å². The first-order valence-corrected chi connectivity index (χ1v) is 8.70. The summed E-state index contributed by atoms with van der Waals surface area (Å²) in [6, 6.07) is -0.306. The fourth-order valence-electron chi connectivity index (χ4n) is 2.98. The molecule has 0 aromatic carbocycles. The first-order valence-electron chi connectivity index (χ1n) is 7.26. The molecule has 2 aliphatic heterocycles. The minimum atomic E-state index is -3.55. The number of hydrogen-bond donors (Lipinski definition) is 1. The zero-order valence-electron chi connectivity index (χ0n) is 12.3. The van der Waals surface area contributed by atoms with E-state index in [9.17, 15) is 8.42 Å². The molecule has 0 aliphatic carbocycles. The largest absolute Gasteiger partial charge is 0.373 e. The Morgan fingerprint density at radius 2 is 2.05 bits per heavy atom. The van der Waals surface area contributed by atoms with Gasteiger partial charge in [-0.2, -0.15) is 22.5 Å². The third-order valence-electron chi connectivity index (χ3n) is 3.84. The summed E-state index contributed by atoms with van der Waals surface area (Å²) in [4.78, 5) is 4.18. The molecule has 9 heteroatoms. The van der Waals surface area contributed by atoms with Crippen LogP contribution in [0.25, 0.3) is 0 Å². The summed E-state index contributed by atoms with van der Waals surface area (Å²) in [6.07, 6.45) is 2.91. The standard InChI is InChI=1S/C12H21N5O3S/c1-9-6-16(7-10(2)20-9)21(18,19)15-11-4-3-5-17-12(11)13-8-14-17/h8-11,15H,3-7H2,1-2H3/t9-,10+,11-/m1/s1. The highest BCUT2D eigenvalue weighted by atomic mass is 32.2. The number of nitrogens with zero attached hydrogens (tertiary/aromatic N) is 4. The molecule has 0 saturated carbocycles. The number of fused-ring (bicyclic) bond motifs is 1. The molecule has 0 amide bonds. The third-order valence-corrected chi connectivity index (χ3v) is 5.40. The molecular weight excluding hydrogens is 294 g/mol. The van der Waals surface area contributed by atoms with E-state index in [0.717, 1.165) is 19.4 Å². The Bertz CT molecular complexity index is 592. The van der Waals surface area contributed by atoms with Crippen molar-refractivity contribution in [2.75, 3.05) is 13.1 Å². The molecule has 0 unspecified atom stereocenters. The Morgan fingerprint density at radius 1 is 1.33 bits per heavy atom. The fraction of sp³-hybridized carbons (Fsp3) is 0.833. The molecule has 3 heterocycles. The van der Waals surface area contributed by atoms with E-state index in [4.69, 9.17) is 4.74 Å². The molecule has 21 heavy (non-hydrogen) atoms. The van der Waals surface area contributed by atoms with E-state index >= 15 is 0 Å². The Labute approximate surface area is 124 Å². The molecule has 0 bridgehead atoms. The predicted octanol–water partition coefficient (Wildman–Crippen LogP) is 0.0566. The lowest BCUT2D eigenvalue weighted by molar-refractivity contribution is -0.0445. The highest BCUT2D eigenvalue weighted by Gasteiger charge is 2.34. The zero-order chi connectivity index (χ0) is 15.0. The van der Waals surface area contributed by atoms with Crippen LogP contribution in [0, 0.1) is 0 Å². The van der Waals surface area contributed by atoms with E-state index in [2.05, 4.69) is 14.8 Å². The molecule has 1 saturated heterocycles. The SMILES string of the molecule is C[C@@H]1CN(S(=O)(=O)N[C@@H]2CCCn3ncnc32)C[C@H](C)O1. The maximum Gasteiger partial charge on any atom is 0.280 e. The number of hydrogen-bond acceptors (Lipinski definition) is 5. The van der Waals surface area contributed by atoms with Gasteiger partial charge in [-0.1, -0.05) is 0 Å². The minimum Gasteiger partial charge on any atom is -0.373 e. The van der Waals surface area contributed by atoms with E-state index in [-0.39, 0.29) is 18.2 Å². The highest BCUT2D eigenvalue weighted by molar-refractivity contribution is 7.87. The lowest BCUT2D eigenvalue weighted by Crippen LogP contribution is -2.52. The second-order valence-corrected chi connectivity index (χ2v) is 7.44. The van der Waals surface area contributed by atoms with Crippen LogP contribution in [0.4, 0.5) is 0 Å². The smallest absolute Gasteiger partial charge is 0.280 e. The lowest BCUT2D eigenvalue weighted by Gasteiger charge is -2.35. The molecule has 0 radical (unpaired) electrons. The van der Waals surface area contributed by atoms with Gasteiger partial charge in [0, 0.05) is 19.6 Å². The van der Waals surface area contributed by atoms with E-state index in [1.54, 1.807) is 4.68 Å². The average molecular weight is 315 g/mol. The van der Waals surface area contributed by atoms with Gasteiger partial charge in [0.1, 0.15) is 12.2 Å². The van der Waals surface area contributed by atoms with Crippen molar-refractivity contribution in [1.29, 1.82) is 0 Å². The van der Waals surface area contributed by atoms with Gasteiger partial charge in [0.25, 0.3) is 10.2 Å². The van der Waals surface area contributed by atoms with Crippen LogP contribution in [0.5, 0.6) is 0 Å². The maximum absolute atomic E-state index is 12.6. The monoisotopic (exact) mass is 315 g/mol. The molecule has 3 atom stereocenters. The fourth-order valence-corrected chi connectivity index (χ4v) is 4.53. The van der Waals surface area contributed by atoms with Crippen molar-refractivity contribution in [3.05, 3.63) is 12.2 Å². The number of morpholine rings is 1. The minimum absolute atomic E-state index is 0.0969. The van der Waals surface area contributed by atoms with Crippen molar-refractivity contribution >= 4 is 10.2 Å². The summed E-state index contributed by atoms with van der Waals surface area (Å²) >= 11 is 0. The molecule has 1 fully saturated rings. The number of nitrogens with one attached hydrogen (secondary N) is 1. The van der Waals surface area contributed by atoms with E-state index < -0.39 is 10.2 Å². The van der Waals surface area contributed by atoms with E-state index in [1.807, 2.05) is 13.8 Å². The van der Waals surface area contributed by atoms with Crippen LogP contribution in [0.2, 0.25) is 0 Å². The summed E-state index contributed by atoms with van der Waals surface area (Å²) < 4.78 is 36.7. The van der Waals surface area contributed by atoms with Gasteiger partial charge in [-0.25, -0.2) is 9.67 Å². The van der Waals surface area contributed by atoms with Crippen LogP contribution in [0.15, 0.2) is 6.33 Å². The lowest BCUT2D eigenvalue weighted by atomic mass is 10.1. The molecule has 0 spiro atoms. The Morgan fingerprint density at radius 3 is 2.76 bits per heavy atom. The topological polar surface area (TPSA) is 89.4 Å². The van der Waals surface area contributed by atoms with Gasteiger partial charge >= 0.3 is 0 Å². The summed E-state index contributed by atoms with van der Waals surface area (Å²) in [5.41, 5.74) is 0. The van der Waals surface area contributed by atoms with Gasteiger partial charge in [-0.05, 0) is 26.7 Å². The van der Waals surface area contributed by atoms with Gasteiger partial charge in [0.2, 0.25) is 0 Å². The summed E-state index contributed by atoms with van der Waals surface area (Å²) in [7, 11) is -3.55. The average Bonchev–Trinajstić information content (AvgIpc) is 2.86. The van der Waals surface area contributed by atoms with Crippen LogP contribution >= 0.6 is 0 Å². The van der Waals surface area contributed by atoms with Gasteiger partial charge < -0.3 is 4.74 Å². The van der Waals surface area contributed by atoms with Crippen LogP contribution in [0.1, 0.15) is 38.6 Å². The predicted molar refractivity (Wildman–Crippen MR) is 75.6 cm³/mol. The van der Waals surface area contributed by atoms with E-state index in [1.165, 1.54) is 10.6 Å². The second kappa shape index (κ2) is 5.64. The Kier molecular flexibility index (Phi) is 4.00. The molecule has 1 aromatic rings. The van der Waals surface area contributed by atoms with Gasteiger partial charge in [-0.3, -0.25) is 0 Å². The molecule has 1 N–H and O–H groups in total. The van der Waals surface area contributed by atoms with Crippen LogP contribution < -0.4 is 4.72 Å². The third kappa shape index (κ3) is 3.10. The Balaban J connectivity index is 1.75. The summed E-state index contributed by atoms with van der Waals surface area (Å²) in [5.74, 6) is 0.694. The number of ether oxygens (including phenoxy) is 1. The Hall–Kier alpha value is -1.03. The number of aromatic nitrogens is 3. The van der Waals surface area contributed by atoms with Crippen molar-refractivity contribution in [3.8, 4) is 0 Å². The van der Waals surface area contributed by atoms with Crippen molar-refractivity contribution in [3.63, 3.8) is 0 Å². The van der Waals surface area contributed by atoms with Gasteiger partial charge in [0.05, 0.1) is 18.2 Å². The summed E-state index contributed by atoms with van der Waals surface area (Å²) in [5, 5.41) is 4.11. The molecular formula is C12H21N5O3S. The normalized spacial score (nSPS) is 31.0. The first kappa shape index (κ1) is 14.9. The van der Waals surface area contributed by atoms with Crippen LogP contribution in [0.3, 0.4) is 0 Å². The number of aryl methyl sites for hydroxylation is 1. The second-order valence-electron chi connectivity index (χ2n) is 5.73. The quantitative estimate of drug-likeness (QED) is 0.852. The van der Waals surface area contributed by atoms with Crippen molar-refractivity contribution in [2.24, 2.45) is 0 Å². The van der Waals surface area contributed by atoms with Crippen LogP contribution in [-0.2, 0) is 21.5 Å². The van der Waals surface area contributed by atoms with Crippen molar-refractivity contribution in [1.82, 2.24) is 23.8 Å². The van der Waals surface area contributed by atoms with Gasteiger partial charge in [0.15, 0.2) is 0 Å². The molecule has 1 aromatic heterocycles. The van der Waals surface area contributed by atoms with Crippen molar-refractivity contribution in [2.45, 2.75) is 51.5 Å². The summed E-state index contributed by atoms with van der Waals surface area (Å²) in [6.45, 7) is 5.31. The van der Waals surface area contributed by atoms with Crippen molar-refractivity contribution < 1.29 is 13.2 Å². The number of rotatable bonds is 3. The molecule has 2 aliphatic rings. The van der Waals surface area contributed by atoms with E-state index in [0.29, 0.717) is 18.9 Å².